The van der Waals surface area contributed by atoms with Crippen molar-refractivity contribution in [2.24, 2.45) is 10.8 Å². The molecular weight excluding hydrogens is 810 g/mol. The van der Waals surface area contributed by atoms with E-state index in [4.69, 9.17) is 31.5 Å². The zero-order valence-corrected chi connectivity index (χ0v) is 36.9. The maximum atomic E-state index is 13.4. The van der Waals surface area contributed by atoms with E-state index in [0.29, 0.717) is 71.4 Å². The lowest BCUT2D eigenvalue weighted by atomic mass is 9.49. The summed E-state index contributed by atoms with van der Waals surface area (Å²) in [5, 5.41) is 31.4. The number of halogens is 1. The Hall–Kier alpha value is -5.31. The van der Waals surface area contributed by atoms with Gasteiger partial charge < -0.3 is 40.2 Å². The molecule has 7 rings (SSSR count). The quantitative estimate of drug-likeness (QED) is 0.123. The Morgan fingerprint density at radius 2 is 1.52 bits per heavy atom. The van der Waals surface area contributed by atoms with Crippen LogP contribution >= 0.6 is 11.6 Å². The van der Waals surface area contributed by atoms with Gasteiger partial charge in [0, 0.05) is 113 Å². The van der Waals surface area contributed by atoms with Gasteiger partial charge in [-0.15, -0.1) is 10.2 Å². The van der Waals surface area contributed by atoms with Crippen molar-refractivity contribution < 1.29 is 24.1 Å². The van der Waals surface area contributed by atoms with Crippen LogP contribution in [0.15, 0.2) is 60.9 Å². The number of phenols is 1. The molecule has 4 N–H and O–H groups in total. The summed E-state index contributed by atoms with van der Waals surface area (Å²) in [6.45, 7) is 19.4. The fourth-order valence-electron chi connectivity index (χ4n) is 9.17. The number of nitrogens with zero attached hydrogens (tertiary/aromatic N) is 9. The van der Waals surface area contributed by atoms with Gasteiger partial charge in [0.15, 0.2) is 5.82 Å². The minimum absolute atomic E-state index is 0.162. The molecule has 16 nitrogen and oxygen atoms in total. The molecule has 0 spiro atoms. The van der Waals surface area contributed by atoms with Crippen LogP contribution in [-0.2, 0) is 9.47 Å². The molecule has 0 unspecified atom stereocenters. The zero-order chi connectivity index (χ0) is 43.9. The Kier molecular flexibility index (Phi) is 14.3. The summed E-state index contributed by atoms with van der Waals surface area (Å²) in [6.07, 6.45) is 3.96. The highest BCUT2D eigenvalue weighted by atomic mass is 35.5. The van der Waals surface area contributed by atoms with Crippen LogP contribution in [0.1, 0.15) is 50.0 Å². The molecule has 2 aromatic carbocycles. The highest BCUT2D eigenvalue weighted by Gasteiger charge is 2.64. The van der Waals surface area contributed by atoms with Gasteiger partial charge in [-0.2, -0.15) is 5.26 Å². The Bertz CT molecular complexity index is 2170. The average Bonchev–Trinajstić information content (AvgIpc) is 3.27. The molecule has 4 aromatic rings. The van der Waals surface area contributed by atoms with Gasteiger partial charge in [-0.05, 0) is 36.8 Å². The first-order valence-corrected chi connectivity index (χ1v) is 21.7. The third-order valence-corrected chi connectivity index (χ3v) is 12.7. The first-order chi connectivity index (χ1) is 29.8. The number of nitrogens with two attached hydrogens (primary N) is 1. The van der Waals surface area contributed by atoms with Crippen molar-refractivity contribution in [1.82, 2.24) is 35.3 Å². The number of amides is 1. The summed E-state index contributed by atoms with van der Waals surface area (Å²) in [6, 6.07) is 16.0. The van der Waals surface area contributed by atoms with Crippen LogP contribution < -0.4 is 25.6 Å². The molecule has 3 fully saturated rings. The van der Waals surface area contributed by atoms with Gasteiger partial charge >= 0.3 is 0 Å². The normalized spacial score (nSPS) is 20.0. The lowest BCUT2D eigenvalue weighted by Gasteiger charge is -2.63. The number of aromatic hydroxyl groups is 1. The van der Waals surface area contributed by atoms with Gasteiger partial charge in [0.2, 0.25) is 5.95 Å². The van der Waals surface area contributed by atoms with E-state index in [2.05, 4.69) is 78.8 Å². The lowest BCUT2D eigenvalue weighted by Crippen LogP contribution is -2.74. The van der Waals surface area contributed by atoms with Crippen LogP contribution in [0.3, 0.4) is 0 Å². The minimum atomic E-state index is -0.375. The number of rotatable bonds is 17. The van der Waals surface area contributed by atoms with Gasteiger partial charge in [0.05, 0.1) is 47.4 Å². The fourth-order valence-corrected chi connectivity index (χ4v) is 9.38. The first kappa shape index (κ1) is 44.7. The Labute approximate surface area is 368 Å². The first-order valence-electron chi connectivity index (χ1n) is 21.4. The van der Waals surface area contributed by atoms with E-state index in [1.165, 1.54) is 0 Å². The number of nitrogen functional groups attached to an aromatic ring is 1. The van der Waals surface area contributed by atoms with Crippen LogP contribution in [-0.4, -0.2) is 145 Å². The summed E-state index contributed by atoms with van der Waals surface area (Å²) < 4.78 is 18.1. The molecule has 1 amide bonds. The summed E-state index contributed by atoms with van der Waals surface area (Å²) in [4.78, 5) is 31.7. The van der Waals surface area contributed by atoms with Crippen LogP contribution in [0.5, 0.6) is 11.5 Å². The minimum Gasteiger partial charge on any atom is -0.507 e. The largest absolute Gasteiger partial charge is 0.507 e. The Balaban J connectivity index is 0.733. The third kappa shape index (κ3) is 10.3. The smallest absolute Gasteiger partial charge is 0.254 e. The molecule has 2 aliphatic heterocycles. The van der Waals surface area contributed by atoms with Crippen molar-refractivity contribution in [3.8, 4) is 28.8 Å². The molecule has 1 aliphatic carbocycles. The van der Waals surface area contributed by atoms with E-state index in [1.54, 1.807) is 42.7 Å². The van der Waals surface area contributed by atoms with Crippen LogP contribution in [0.2, 0.25) is 5.02 Å². The van der Waals surface area contributed by atoms with Crippen LogP contribution in [0.4, 0.5) is 17.5 Å². The predicted molar refractivity (Wildman–Crippen MR) is 239 cm³/mol. The number of benzene rings is 2. The number of nitriles is 1. The number of carbonyl (C=O) groups is 1. The molecule has 0 atom stereocenters. The van der Waals surface area contributed by atoms with Gasteiger partial charge in [0.25, 0.3) is 5.91 Å². The number of phenolic OH excluding ortho intramolecular Hbond substituents is 1. The molecule has 330 valence electrons. The van der Waals surface area contributed by atoms with Gasteiger partial charge in [0.1, 0.15) is 23.7 Å². The van der Waals surface area contributed by atoms with Crippen molar-refractivity contribution in [1.29, 1.82) is 5.26 Å². The van der Waals surface area contributed by atoms with Gasteiger partial charge in [-0.3, -0.25) is 14.6 Å². The molecule has 2 saturated heterocycles. The Morgan fingerprint density at radius 1 is 0.871 bits per heavy atom. The van der Waals surface area contributed by atoms with Crippen molar-refractivity contribution >= 4 is 35.0 Å². The van der Waals surface area contributed by atoms with E-state index < -0.39 is 0 Å². The van der Waals surface area contributed by atoms with Crippen molar-refractivity contribution in [2.45, 2.75) is 46.3 Å². The molecule has 0 bridgehead atoms. The fraction of sp³-hybridized carbons (Fsp3) is 0.511. The molecule has 0 radical (unpaired) electrons. The molecule has 2 aromatic heterocycles. The number of para-hydroxylation sites is 1. The summed E-state index contributed by atoms with van der Waals surface area (Å²) in [5.41, 5.74) is 8.32. The Morgan fingerprint density at radius 3 is 2.18 bits per heavy atom. The number of anilines is 3. The second-order valence-corrected chi connectivity index (χ2v) is 17.7. The van der Waals surface area contributed by atoms with Gasteiger partial charge in [-0.1, -0.05) is 51.4 Å². The van der Waals surface area contributed by atoms with Crippen molar-refractivity contribution in [2.75, 3.05) is 107 Å². The molecule has 1 saturated carbocycles. The van der Waals surface area contributed by atoms with E-state index in [9.17, 15) is 15.2 Å². The summed E-state index contributed by atoms with van der Waals surface area (Å²) >= 11 is 6.24. The molecule has 17 heteroatoms. The van der Waals surface area contributed by atoms with E-state index >= 15 is 0 Å². The second kappa shape index (κ2) is 19.8. The van der Waals surface area contributed by atoms with Crippen LogP contribution in [0.25, 0.3) is 11.3 Å². The van der Waals surface area contributed by atoms with Crippen molar-refractivity contribution in [3.63, 3.8) is 0 Å². The standard InChI is InChI=1S/C45H58ClN11O5/c1-44(2)41(45(3,4)42(44)62-33-11-10-31(28-47)35(46)26-33)51-40(59)32-29-49-43(50-30-32)57-19-15-54(16-20-57)12-7-22-60-24-25-61-23-21-55-13-17-56(18-14-55)37-27-36(52-53-39(37)48)34-8-5-6-9-38(34)58/h5-6,8-11,26-27,29-30,41-42,58H,7,12-25H2,1-4H3,(H2,48,53)(H,51,59). The number of hydrogen-bond acceptors (Lipinski definition) is 15. The van der Waals surface area contributed by atoms with E-state index in [0.717, 1.165) is 77.6 Å². The van der Waals surface area contributed by atoms with Gasteiger partial charge in [-0.25, -0.2) is 9.97 Å². The van der Waals surface area contributed by atoms with Crippen molar-refractivity contribution in [3.05, 3.63) is 77.1 Å². The number of ether oxygens (including phenoxy) is 3. The molecule has 4 heterocycles. The maximum absolute atomic E-state index is 13.4. The van der Waals surface area contributed by atoms with E-state index in [-0.39, 0.29) is 34.6 Å². The van der Waals surface area contributed by atoms with E-state index in [1.807, 2.05) is 18.2 Å². The monoisotopic (exact) mass is 867 g/mol. The number of hydrogen-bond donors (Lipinski definition) is 3. The topological polar surface area (TPSA) is 191 Å². The summed E-state index contributed by atoms with van der Waals surface area (Å²) in [5.74, 6) is 1.54. The second-order valence-electron chi connectivity index (χ2n) is 17.3. The van der Waals surface area contributed by atoms with Crippen LogP contribution in [0, 0.1) is 22.2 Å². The third-order valence-electron chi connectivity index (χ3n) is 12.4. The molecule has 3 aliphatic rings. The average molecular weight is 868 g/mol. The number of nitrogens with one attached hydrogen (secondary N) is 1. The zero-order valence-electron chi connectivity index (χ0n) is 36.1. The number of aromatic nitrogens is 4. The predicted octanol–water partition coefficient (Wildman–Crippen LogP) is 4.73. The number of carbonyl (C=O) groups excluding carboxylic acids is 1. The molecular formula is C45H58ClN11O5. The maximum Gasteiger partial charge on any atom is 0.254 e. The lowest BCUT2D eigenvalue weighted by molar-refractivity contribution is -0.164. The molecule has 62 heavy (non-hydrogen) atoms. The highest BCUT2D eigenvalue weighted by molar-refractivity contribution is 6.31. The summed E-state index contributed by atoms with van der Waals surface area (Å²) in [7, 11) is 0. The highest BCUT2D eigenvalue weighted by Crippen LogP contribution is 2.55. The SMILES string of the molecule is CC1(C)C(NC(=O)c2cnc(N3CCN(CCCOCCOCCN4CCN(c5cc(-c6ccccc6O)nnc5N)CC4)CC3)nc2)C(C)(C)C1Oc1ccc(C#N)c(Cl)c1. The number of piperazine rings is 2.